The van der Waals surface area contributed by atoms with E-state index in [9.17, 15) is 14.9 Å². The van der Waals surface area contributed by atoms with Gasteiger partial charge in [-0.1, -0.05) is 42.1 Å². The van der Waals surface area contributed by atoms with Gasteiger partial charge in [0.05, 0.1) is 21.5 Å². The van der Waals surface area contributed by atoms with Crippen molar-refractivity contribution < 1.29 is 4.92 Å². The van der Waals surface area contributed by atoms with E-state index in [4.69, 9.17) is 4.98 Å². The van der Waals surface area contributed by atoms with Gasteiger partial charge in [-0.15, -0.1) is 0 Å². The zero-order chi connectivity index (χ0) is 21.3. The highest BCUT2D eigenvalue weighted by molar-refractivity contribution is 7.98. The van der Waals surface area contributed by atoms with Crippen molar-refractivity contribution in [3.63, 3.8) is 0 Å². The largest absolute Gasteiger partial charge is 0.269 e. The number of hydrogen-bond acceptors (Lipinski definition) is 5. The first-order chi connectivity index (χ1) is 14.4. The van der Waals surface area contributed by atoms with E-state index >= 15 is 0 Å². The standard InChI is InChI=1S/C23H19N3O3S/c1-15-11-16(2)13-19(12-15)25-22(27)20-5-3-4-6-21(20)24-23(25)30-14-17-7-9-18(10-8-17)26(28)29/h3-13H,14H2,1-2H3. The van der Waals surface area contributed by atoms with Gasteiger partial charge in [-0.3, -0.25) is 19.5 Å². The van der Waals surface area contributed by atoms with Gasteiger partial charge in [-0.25, -0.2) is 4.98 Å². The number of hydrogen-bond donors (Lipinski definition) is 0. The van der Waals surface area contributed by atoms with Crippen LogP contribution in [0.15, 0.2) is 76.7 Å². The molecular formula is C23H19N3O3S. The highest BCUT2D eigenvalue weighted by atomic mass is 32.2. The molecule has 1 heterocycles. The summed E-state index contributed by atoms with van der Waals surface area (Å²) in [7, 11) is 0. The Morgan fingerprint density at radius 3 is 2.33 bits per heavy atom. The van der Waals surface area contributed by atoms with E-state index in [-0.39, 0.29) is 11.2 Å². The molecule has 0 unspecified atom stereocenters. The predicted molar refractivity (Wildman–Crippen MR) is 119 cm³/mol. The fourth-order valence-electron chi connectivity index (χ4n) is 3.38. The van der Waals surface area contributed by atoms with Crippen LogP contribution in [-0.2, 0) is 5.75 Å². The van der Waals surface area contributed by atoms with E-state index in [2.05, 4.69) is 6.07 Å². The highest BCUT2D eigenvalue weighted by Crippen LogP contribution is 2.26. The summed E-state index contributed by atoms with van der Waals surface area (Å²) in [5, 5.41) is 12.0. The summed E-state index contributed by atoms with van der Waals surface area (Å²) in [6.07, 6.45) is 0. The number of para-hydroxylation sites is 1. The van der Waals surface area contributed by atoms with E-state index in [1.165, 1.54) is 23.9 Å². The molecule has 0 saturated carbocycles. The summed E-state index contributed by atoms with van der Waals surface area (Å²) in [5.41, 5.74) is 4.42. The molecular weight excluding hydrogens is 398 g/mol. The smallest absolute Gasteiger partial charge is 0.268 e. The third-order valence-corrected chi connectivity index (χ3v) is 5.73. The minimum absolute atomic E-state index is 0.0553. The molecule has 6 nitrogen and oxygen atoms in total. The first-order valence-electron chi connectivity index (χ1n) is 9.39. The van der Waals surface area contributed by atoms with Gasteiger partial charge in [0, 0.05) is 17.9 Å². The third kappa shape index (κ3) is 3.97. The molecule has 150 valence electrons. The third-order valence-electron chi connectivity index (χ3n) is 4.72. The minimum atomic E-state index is -0.417. The fourth-order valence-corrected chi connectivity index (χ4v) is 4.35. The Kier molecular flexibility index (Phi) is 5.37. The average molecular weight is 417 g/mol. The van der Waals surface area contributed by atoms with Gasteiger partial charge in [0.2, 0.25) is 0 Å². The van der Waals surface area contributed by atoms with Crippen LogP contribution in [0, 0.1) is 24.0 Å². The van der Waals surface area contributed by atoms with Crippen LogP contribution in [0.2, 0.25) is 0 Å². The number of aryl methyl sites for hydroxylation is 2. The summed E-state index contributed by atoms with van der Waals surface area (Å²) in [4.78, 5) is 28.5. The fraction of sp³-hybridized carbons (Fsp3) is 0.130. The lowest BCUT2D eigenvalue weighted by Crippen LogP contribution is -2.22. The number of nitro groups is 1. The minimum Gasteiger partial charge on any atom is -0.268 e. The maximum absolute atomic E-state index is 13.3. The van der Waals surface area contributed by atoms with Crippen molar-refractivity contribution in [1.82, 2.24) is 9.55 Å². The summed E-state index contributed by atoms with van der Waals surface area (Å²) in [5.74, 6) is 0.535. The number of nitrogens with zero attached hydrogens (tertiary/aromatic N) is 3. The summed E-state index contributed by atoms with van der Waals surface area (Å²) in [6, 6.07) is 19.8. The molecule has 4 rings (SSSR count). The zero-order valence-electron chi connectivity index (χ0n) is 16.5. The molecule has 0 saturated heterocycles. The number of benzene rings is 3. The molecule has 30 heavy (non-hydrogen) atoms. The summed E-state index contributed by atoms with van der Waals surface area (Å²) < 4.78 is 1.65. The normalized spacial score (nSPS) is 11.0. The lowest BCUT2D eigenvalue weighted by molar-refractivity contribution is -0.384. The Bertz CT molecular complexity index is 1290. The van der Waals surface area contributed by atoms with Crippen LogP contribution in [0.1, 0.15) is 16.7 Å². The maximum Gasteiger partial charge on any atom is 0.269 e. The Balaban J connectivity index is 1.79. The molecule has 0 atom stereocenters. The second-order valence-electron chi connectivity index (χ2n) is 7.11. The first kappa shape index (κ1) is 19.8. The number of nitro benzene ring substituents is 1. The number of rotatable bonds is 5. The van der Waals surface area contributed by atoms with Gasteiger partial charge < -0.3 is 0 Å². The topological polar surface area (TPSA) is 78.0 Å². The Labute approximate surface area is 177 Å². The van der Waals surface area contributed by atoms with Gasteiger partial charge in [-0.05, 0) is 54.8 Å². The summed E-state index contributed by atoms with van der Waals surface area (Å²) >= 11 is 1.43. The molecule has 0 N–H and O–H groups in total. The van der Waals surface area contributed by atoms with Crippen molar-refractivity contribution >= 4 is 28.4 Å². The van der Waals surface area contributed by atoms with E-state index in [0.717, 1.165) is 22.4 Å². The molecule has 0 bridgehead atoms. The molecule has 0 aliphatic rings. The van der Waals surface area contributed by atoms with Gasteiger partial charge in [0.15, 0.2) is 5.16 Å². The SMILES string of the molecule is Cc1cc(C)cc(-n2c(SCc3ccc([N+](=O)[O-])cc3)nc3ccccc3c2=O)c1. The van der Waals surface area contributed by atoms with Crippen molar-refractivity contribution in [2.75, 3.05) is 0 Å². The van der Waals surface area contributed by atoms with Crippen molar-refractivity contribution in [2.45, 2.75) is 24.8 Å². The van der Waals surface area contributed by atoms with Crippen molar-refractivity contribution in [1.29, 1.82) is 0 Å². The molecule has 0 aliphatic heterocycles. The van der Waals surface area contributed by atoms with E-state index in [0.29, 0.717) is 21.8 Å². The predicted octanol–water partition coefficient (Wildman–Crippen LogP) is 5.20. The second kappa shape index (κ2) is 8.12. The van der Waals surface area contributed by atoms with Crippen LogP contribution in [0.4, 0.5) is 5.69 Å². The van der Waals surface area contributed by atoms with Crippen LogP contribution in [-0.4, -0.2) is 14.5 Å². The molecule has 0 aliphatic carbocycles. The second-order valence-corrected chi connectivity index (χ2v) is 8.05. The molecule has 1 aromatic heterocycles. The van der Waals surface area contributed by atoms with Crippen LogP contribution < -0.4 is 5.56 Å². The van der Waals surface area contributed by atoms with E-state index < -0.39 is 4.92 Å². The average Bonchev–Trinajstić information content (AvgIpc) is 2.72. The molecule has 0 fully saturated rings. The Morgan fingerprint density at radius 2 is 1.67 bits per heavy atom. The molecule has 0 amide bonds. The van der Waals surface area contributed by atoms with Crippen LogP contribution in [0.5, 0.6) is 0 Å². The van der Waals surface area contributed by atoms with Gasteiger partial charge in [0.1, 0.15) is 0 Å². The molecule has 7 heteroatoms. The van der Waals surface area contributed by atoms with E-state index in [1.807, 2.05) is 44.2 Å². The quantitative estimate of drug-likeness (QED) is 0.193. The monoisotopic (exact) mass is 417 g/mol. The molecule has 3 aromatic carbocycles. The number of thioether (sulfide) groups is 1. The Morgan fingerprint density at radius 1 is 1.00 bits per heavy atom. The van der Waals surface area contributed by atoms with E-state index in [1.54, 1.807) is 22.8 Å². The number of fused-ring (bicyclic) bond motifs is 1. The van der Waals surface area contributed by atoms with Crippen molar-refractivity contribution in [2.24, 2.45) is 0 Å². The maximum atomic E-state index is 13.3. The highest BCUT2D eigenvalue weighted by Gasteiger charge is 2.14. The van der Waals surface area contributed by atoms with Gasteiger partial charge >= 0.3 is 0 Å². The van der Waals surface area contributed by atoms with Crippen LogP contribution in [0.3, 0.4) is 0 Å². The molecule has 0 radical (unpaired) electrons. The lowest BCUT2D eigenvalue weighted by atomic mass is 10.1. The van der Waals surface area contributed by atoms with Crippen LogP contribution >= 0.6 is 11.8 Å². The zero-order valence-corrected chi connectivity index (χ0v) is 17.3. The van der Waals surface area contributed by atoms with Gasteiger partial charge in [-0.2, -0.15) is 0 Å². The first-order valence-corrected chi connectivity index (χ1v) is 10.4. The lowest BCUT2D eigenvalue weighted by Gasteiger charge is -2.14. The summed E-state index contributed by atoms with van der Waals surface area (Å²) in [6.45, 7) is 4.00. The Hall–Kier alpha value is -3.45. The van der Waals surface area contributed by atoms with Crippen molar-refractivity contribution in [3.8, 4) is 5.69 Å². The number of aromatic nitrogens is 2. The van der Waals surface area contributed by atoms with Crippen LogP contribution in [0.25, 0.3) is 16.6 Å². The van der Waals surface area contributed by atoms with Gasteiger partial charge in [0.25, 0.3) is 11.2 Å². The number of non-ortho nitro benzene ring substituents is 1. The molecule has 4 aromatic rings. The van der Waals surface area contributed by atoms with Crippen molar-refractivity contribution in [3.05, 3.63) is 104 Å². The molecule has 0 spiro atoms.